The number of hydrogen-bond acceptors (Lipinski definition) is 10. The highest BCUT2D eigenvalue weighted by atomic mass is 32.1. The number of thiazole rings is 1. The van der Waals surface area contributed by atoms with E-state index in [0.717, 1.165) is 0 Å². The van der Waals surface area contributed by atoms with Gasteiger partial charge in [0.1, 0.15) is 11.5 Å². The predicted molar refractivity (Wildman–Crippen MR) is 160 cm³/mol. The Morgan fingerprint density at radius 1 is 0.977 bits per heavy atom. The van der Waals surface area contributed by atoms with Gasteiger partial charge in [-0.15, -0.1) is 0 Å². The van der Waals surface area contributed by atoms with Crippen molar-refractivity contribution in [1.29, 1.82) is 0 Å². The van der Waals surface area contributed by atoms with Crippen LogP contribution in [0.5, 0.6) is 11.5 Å². The van der Waals surface area contributed by atoms with Crippen LogP contribution in [0.3, 0.4) is 0 Å². The van der Waals surface area contributed by atoms with Crippen LogP contribution >= 0.6 is 11.3 Å². The molecule has 0 bridgehead atoms. The average Bonchev–Trinajstić information content (AvgIpc) is 3.62. The normalized spacial score (nSPS) is 14.4. The molecule has 2 aromatic carbocycles. The van der Waals surface area contributed by atoms with Gasteiger partial charge in [-0.1, -0.05) is 29.5 Å². The van der Waals surface area contributed by atoms with Gasteiger partial charge in [-0.2, -0.15) is 0 Å². The van der Waals surface area contributed by atoms with Gasteiger partial charge in [-0.3, -0.25) is 9.36 Å². The van der Waals surface area contributed by atoms with E-state index < -0.39 is 18.0 Å². The number of benzene rings is 2. The lowest BCUT2D eigenvalue weighted by Crippen LogP contribution is -2.39. The summed E-state index contributed by atoms with van der Waals surface area (Å²) in [6.07, 6.45) is 3.06. The lowest BCUT2D eigenvalue weighted by molar-refractivity contribution is -0.136. The molecule has 43 heavy (non-hydrogen) atoms. The van der Waals surface area contributed by atoms with Crippen molar-refractivity contribution in [1.82, 2.24) is 4.57 Å². The Kier molecular flexibility index (Phi) is 8.91. The first kappa shape index (κ1) is 29.6. The number of nitrogens with zero attached hydrogens (tertiary/aromatic N) is 2. The molecule has 11 heteroatoms. The molecule has 1 aliphatic heterocycles. The lowest BCUT2D eigenvalue weighted by atomic mass is 9.97. The van der Waals surface area contributed by atoms with Crippen LogP contribution in [0.2, 0.25) is 0 Å². The third kappa shape index (κ3) is 6.02. The molecule has 0 N–H and O–H groups in total. The Morgan fingerprint density at radius 2 is 1.77 bits per heavy atom. The van der Waals surface area contributed by atoms with Crippen molar-refractivity contribution < 1.29 is 33.0 Å². The summed E-state index contributed by atoms with van der Waals surface area (Å²) < 4.78 is 29.5. The Labute approximate surface area is 251 Å². The zero-order chi connectivity index (χ0) is 30.5. The molecule has 0 saturated heterocycles. The minimum absolute atomic E-state index is 0.204. The second-order valence-electron chi connectivity index (χ2n) is 9.25. The van der Waals surface area contributed by atoms with Crippen LogP contribution in [0.1, 0.15) is 48.5 Å². The predicted octanol–water partition coefficient (Wildman–Crippen LogP) is 4.25. The van der Waals surface area contributed by atoms with Crippen LogP contribution < -0.4 is 24.4 Å². The molecule has 0 aliphatic carbocycles. The second kappa shape index (κ2) is 13.0. The van der Waals surface area contributed by atoms with Gasteiger partial charge in [0.15, 0.2) is 16.3 Å². The van der Waals surface area contributed by atoms with E-state index in [4.69, 9.17) is 23.4 Å². The third-order valence-corrected chi connectivity index (χ3v) is 7.56. The number of fused-ring (bicyclic) bond motifs is 1. The summed E-state index contributed by atoms with van der Waals surface area (Å²) in [4.78, 5) is 43.7. The number of methoxy groups -OCH3 is 1. The second-order valence-corrected chi connectivity index (χ2v) is 10.3. The fourth-order valence-corrected chi connectivity index (χ4v) is 5.67. The average molecular weight is 603 g/mol. The third-order valence-electron chi connectivity index (χ3n) is 6.57. The van der Waals surface area contributed by atoms with E-state index in [2.05, 4.69) is 4.99 Å². The van der Waals surface area contributed by atoms with Gasteiger partial charge in [-0.05, 0) is 62.7 Å². The molecule has 3 heterocycles. The fraction of sp³-hybridized carbons (Fsp3) is 0.250. The number of esters is 2. The van der Waals surface area contributed by atoms with Crippen molar-refractivity contribution in [2.75, 3.05) is 26.9 Å². The first-order valence-corrected chi connectivity index (χ1v) is 14.6. The van der Waals surface area contributed by atoms with E-state index in [1.807, 2.05) is 19.9 Å². The van der Waals surface area contributed by atoms with Crippen molar-refractivity contribution in [2.24, 2.45) is 4.99 Å². The maximum absolute atomic E-state index is 13.8. The number of carbonyl (C=O) groups is 2. The number of ether oxygens (including phenoxy) is 4. The first-order chi connectivity index (χ1) is 20.9. The number of carbonyl (C=O) groups excluding carboxylic acids is 2. The van der Waals surface area contributed by atoms with E-state index in [-0.39, 0.29) is 17.7 Å². The summed E-state index contributed by atoms with van der Waals surface area (Å²) in [5.41, 5.74) is 1.59. The van der Waals surface area contributed by atoms with Crippen LogP contribution in [0.15, 0.2) is 80.6 Å². The number of aromatic nitrogens is 1. The highest BCUT2D eigenvalue weighted by Gasteiger charge is 2.31. The van der Waals surface area contributed by atoms with Crippen LogP contribution in [0.4, 0.5) is 0 Å². The minimum atomic E-state index is -0.807. The van der Waals surface area contributed by atoms with Gasteiger partial charge in [0.05, 0.1) is 48.6 Å². The van der Waals surface area contributed by atoms with Crippen molar-refractivity contribution in [3.63, 3.8) is 0 Å². The van der Waals surface area contributed by atoms with Crippen molar-refractivity contribution >= 4 is 29.4 Å². The molecule has 222 valence electrons. The summed E-state index contributed by atoms with van der Waals surface area (Å²) in [5, 5.41) is 0. The zero-order valence-electron chi connectivity index (χ0n) is 24.1. The molecule has 0 spiro atoms. The highest BCUT2D eigenvalue weighted by molar-refractivity contribution is 7.07. The molecule has 0 amide bonds. The molecule has 0 radical (unpaired) electrons. The standard InChI is InChI=1S/C32H30N2O8S/c1-5-39-25-13-11-20(16-26(25)40-6-2)28-23(31(37)38-4)18-33-32-34(28)29(35)27(43-32)17-22-12-14-24(42-22)19-9-8-10-21(15-19)30(36)41-7-3/h8-18,28H,5-7H2,1-4H3/b27-17+/t28-/m0/s1. The molecule has 0 unspecified atom stereocenters. The first-order valence-electron chi connectivity index (χ1n) is 13.7. The molecular formula is C32H30N2O8S. The van der Waals surface area contributed by atoms with Crippen molar-refractivity contribution in [3.8, 4) is 22.8 Å². The lowest BCUT2D eigenvalue weighted by Gasteiger charge is -2.23. The van der Waals surface area contributed by atoms with Gasteiger partial charge < -0.3 is 23.4 Å². The smallest absolute Gasteiger partial charge is 0.338 e. The van der Waals surface area contributed by atoms with Crippen LogP contribution in [-0.4, -0.2) is 43.4 Å². The fourth-order valence-electron chi connectivity index (χ4n) is 4.72. The Balaban J connectivity index is 1.56. The summed E-state index contributed by atoms with van der Waals surface area (Å²) in [6.45, 7) is 6.63. The zero-order valence-corrected chi connectivity index (χ0v) is 24.9. The highest BCUT2D eigenvalue weighted by Crippen LogP contribution is 2.35. The monoisotopic (exact) mass is 602 g/mol. The molecule has 2 aromatic heterocycles. The summed E-state index contributed by atoms with van der Waals surface area (Å²) in [6, 6.07) is 14.9. The van der Waals surface area contributed by atoms with Gasteiger partial charge >= 0.3 is 11.9 Å². The van der Waals surface area contributed by atoms with Gasteiger partial charge in [-0.25, -0.2) is 14.6 Å². The molecule has 0 saturated carbocycles. The van der Waals surface area contributed by atoms with E-state index in [1.54, 1.807) is 61.5 Å². The Bertz CT molecular complexity index is 1880. The van der Waals surface area contributed by atoms with E-state index >= 15 is 0 Å². The summed E-state index contributed by atoms with van der Waals surface area (Å²) >= 11 is 1.17. The van der Waals surface area contributed by atoms with Crippen molar-refractivity contribution in [3.05, 3.63) is 103 Å². The molecule has 0 fully saturated rings. The largest absolute Gasteiger partial charge is 0.490 e. The Morgan fingerprint density at radius 3 is 2.51 bits per heavy atom. The maximum atomic E-state index is 13.8. The summed E-state index contributed by atoms with van der Waals surface area (Å²) in [7, 11) is 1.28. The van der Waals surface area contributed by atoms with E-state index in [9.17, 15) is 14.4 Å². The molecule has 1 atom stereocenters. The maximum Gasteiger partial charge on any atom is 0.338 e. The Hall–Kier alpha value is -4.90. The molecule has 1 aliphatic rings. The summed E-state index contributed by atoms with van der Waals surface area (Å²) in [5.74, 6) is 1.000. The quantitative estimate of drug-likeness (QED) is 0.247. The van der Waals surface area contributed by atoms with E-state index in [1.165, 1.54) is 29.2 Å². The number of furan rings is 1. The van der Waals surface area contributed by atoms with Gasteiger partial charge in [0.2, 0.25) is 0 Å². The van der Waals surface area contributed by atoms with Crippen LogP contribution in [0, 0.1) is 0 Å². The molecular weight excluding hydrogens is 572 g/mol. The van der Waals surface area contributed by atoms with Gasteiger partial charge in [0, 0.05) is 17.8 Å². The molecule has 4 aromatic rings. The van der Waals surface area contributed by atoms with Crippen LogP contribution in [0.25, 0.3) is 17.4 Å². The topological polar surface area (TPSA) is 119 Å². The molecule has 5 rings (SSSR count). The van der Waals surface area contributed by atoms with Crippen molar-refractivity contribution in [2.45, 2.75) is 26.8 Å². The van der Waals surface area contributed by atoms with E-state index in [0.29, 0.717) is 62.3 Å². The SMILES string of the molecule is CCOC(=O)c1cccc(-c2ccc(/C=c3/sc4n(c3=O)[C@@H](c3ccc(OCC)c(OCC)c3)C(C(=O)OC)=CN=4)o2)c1. The van der Waals surface area contributed by atoms with Crippen LogP contribution in [-0.2, 0) is 14.3 Å². The number of rotatable bonds is 10. The van der Waals surface area contributed by atoms with Gasteiger partial charge in [0.25, 0.3) is 5.56 Å². The number of hydrogen-bond donors (Lipinski definition) is 0. The minimum Gasteiger partial charge on any atom is -0.490 e. The molecule has 10 nitrogen and oxygen atoms in total.